The lowest BCUT2D eigenvalue weighted by atomic mass is 10.2. The first-order valence-corrected chi connectivity index (χ1v) is 5.93. The minimum atomic E-state index is -2.90. The molecule has 1 atom stereocenters. The molecule has 1 saturated heterocycles. The molecule has 0 aromatic rings. The number of carbonyl (C=O) groups is 1. The summed E-state index contributed by atoms with van der Waals surface area (Å²) in [5.74, 6) is 0.288. The zero-order valence-electron chi connectivity index (χ0n) is 7.78. The minimum Gasteiger partial charge on any atom is -0.341 e. The van der Waals surface area contributed by atoms with E-state index >= 15 is 0 Å². The van der Waals surface area contributed by atoms with Crippen LogP contribution in [0.4, 0.5) is 4.79 Å². The lowest BCUT2D eigenvalue weighted by molar-refractivity contribution is 0.197. The number of sulfone groups is 1. The molecule has 2 amide bonds. The highest BCUT2D eigenvalue weighted by Crippen LogP contribution is 2.16. The quantitative estimate of drug-likeness (QED) is 0.625. The molecule has 1 aliphatic heterocycles. The molecule has 0 spiro atoms. The summed E-state index contributed by atoms with van der Waals surface area (Å²) in [6.07, 6.45) is 0.548. The van der Waals surface area contributed by atoms with Gasteiger partial charge in [0.25, 0.3) is 0 Å². The highest BCUT2D eigenvalue weighted by molar-refractivity contribution is 7.91. The Morgan fingerprint density at radius 3 is 2.54 bits per heavy atom. The summed E-state index contributed by atoms with van der Waals surface area (Å²) in [5.41, 5.74) is 0. The van der Waals surface area contributed by atoms with Gasteiger partial charge in [-0.15, -0.1) is 0 Å². The van der Waals surface area contributed by atoms with Crippen molar-refractivity contribution in [1.29, 1.82) is 0 Å². The normalized spacial score (nSPS) is 25.5. The molecule has 0 bridgehead atoms. The average Bonchev–Trinajstić information content (AvgIpc) is 2.43. The first-order valence-electron chi connectivity index (χ1n) is 4.11. The topological polar surface area (TPSA) is 66.5 Å². The van der Waals surface area contributed by atoms with Crippen LogP contribution in [0.25, 0.3) is 0 Å². The maximum Gasteiger partial charge on any atom is 0.317 e. The van der Waals surface area contributed by atoms with Crippen molar-refractivity contribution in [2.24, 2.45) is 0 Å². The summed E-state index contributed by atoms with van der Waals surface area (Å²) in [6, 6.07) is -0.396. The van der Waals surface area contributed by atoms with Crippen molar-refractivity contribution in [3.05, 3.63) is 0 Å². The number of hydrogen-bond donors (Lipinski definition) is 1. The van der Waals surface area contributed by atoms with Gasteiger partial charge >= 0.3 is 6.03 Å². The fourth-order valence-corrected chi connectivity index (χ4v) is 3.20. The summed E-state index contributed by atoms with van der Waals surface area (Å²) in [5, 5.41) is 2.46. The average molecular weight is 206 g/mol. The number of nitrogens with zero attached hydrogens (tertiary/aromatic N) is 1. The van der Waals surface area contributed by atoms with Crippen molar-refractivity contribution in [1.82, 2.24) is 10.2 Å². The number of amides is 2. The Balaban J connectivity index is 2.61. The maximum absolute atomic E-state index is 11.1. The summed E-state index contributed by atoms with van der Waals surface area (Å²) < 4.78 is 22.2. The number of nitrogens with one attached hydrogen (secondary N) is 1. The molecule has 1 unspecified atom stereocenters. The van der Waals surface area contributed by atoms with E-state index in [0.717, 1.165) is 0 Å². The Morgan fingerprint density at radius 2 is 2.15 bits per heavy atom. The Bertz CT molecular complexity index is 299. The standard InChI is InChI=1S/C7H14N2O3S/c1-8-7(10)9(2)6-3-4-13(11,12)5-6/h6H,3-5H2,1-2H3,(H,8,10). The Morgan fingerprint density at radius 1 is 1.54 bits per heavy atom. The highest BCUT2D eigenvalue weighted by atomic mass is 32.2. The molecule has 0 saturated carbocycles. The number of urea groups is 1. The van der Waals surface area contributed by atoms with Gasteiger partial charge in [0.1, 0.15) is 0 Å². The van der Waals surface area contributed by atoms with Gasteiger partial charge in [0.15, 0.2) is 9.84 Å². The van der Waals surface area contributed by atoms with E-state index < -0.39 is 9.84 Å². The minimum absolute atomic E-state index is 0.0942. The van der Waals surface area contributed by atoms with Gasteiger partial charge in [-0.3, -0.25) is 0 Å². The van der Waals surface area contributed by atoms with Crippen molar-refractivity contribution in [3.8, 4) is 0 Å². The molecule has 1 aliphatic rings. The number of carbonyl (C=O) groups excluding carboxylic acids is 1. The smallest absolute Gasteiger partial charge is 0.317 e. The zero-order valence-corrected chi connectivity index (χ0v) is 8.60. The fourth-order valence-electron chi connectivity index (χ4n) is 1.42. The van der Waals surface area contributed by atoms with Gasteiger partial charge in [0.2, 0.25) is 0 Å². The van der Waals surface area contributed by atoms with Crippen LogP contribution in [0.2, 0.25) is 0 Å². The summed E-state index contributed by atoms with van der Waals surface area (Å²) in [7, 11) is 0.242. The van der Waals surface area contributed by atoms with E-state index in [1.54, 1.807) is 7.05 Å². The number of hydrogen-bond acceptors (Lipinski definition) is 3. The molecule has 1 fully saturated rings. The van der Waals surface area contributed by atoms with E-state index in [0.29, 0.717) is 6.42 Å². The molecule has 6 heteroatoms. The molecule has 1 N–H and O–H groups in total. The van der Waals surface area contributed by atoms with Crippen LogP contribution >= 0.6 is 0 Å². The Kier molecular flexibility index (Phi) is 2.80. The van der Waals surface area contributed by atoms with Crippen LogP contribution in [0.1, 0.15) is 6.42 Å². The van der Waals surface area contributed by atoms with E-state index in [1.807, 2.05) is 0 Å². The molecule has 13 heavy (non-hydrogen) atoms. The zero-order chi connectivity index (χ0) is 10.1. The van der Waals surface area contributed by atoms with Gasteiger partial charge in [-0.2, -0.15) is 0 Å². The van der Waals surface area contributed by atoms with Crippen molar-refractivity contribution in [2.45, 2.75) is 12.5 Å². The van der Waals surface area contributed by atoms with Crippen LogP contribution in [0, 0.1) is 0 Å². The molecule has 1 rings (SSSR count). The van der Waals surface area contributed by atoms with Crippen LogP contribution in [-0.2, 0) is 9.84 Å². The third-order valence-corrected chi connectivity index (χ3v) is 4.04. The second-order valence-electron chi connectivity index (χ2n) is 3.22. The SMILES string of the molecule is CNC(=O)N(C)C1CCS(=O)(=O)C1. The third kappa shape index (κ3) is 2.33. The fraction of sp³-hybridized carbons (Fsp3) is 0.857. The predicted octanol–water partition coefficient (Wildman–Crippen LogP) is -0.555. The summed E-state index contributed by atoms with van der Waals surface area (Å²) in [6.45, 7) is 0. The largest absolute Gasteiger partial charge is 0.341 e. The van der Waals surface area contributed by atoms with Gasteiger partial charge in [-0.1, -0.05) is 0 Å². The molecule has 1 heterocycles. The number of rotatable bonds is 1. The van der Waals surface area contributed by atoms with E-state index in [2.05, 4.69) is 5.32 Å². The van der Waals surface area contributed by atoms with Crippen molar-refractivity contribution < 1.29 is 13.2 Å². The van der Waals surface area contributed by atoms with Crippen LogP contribution in [0.3, 0.4) is 0 Å². The van der Waals surface area contributed by atoms with Crippen molar-refractivity contribution >= 4 is 15.9 Å². The van der Waals surface area contributed by atoms with Crippen LogP contribution in [0.15, 0.2) is 0 Å². The van der Waals surface area contributed by atoms with E-state index in [9.17, 15) is 13.2 Å². The van der Waals surface area contributed by atoms with E-state index in [4.69, 9.17) is 0 Å². The lowest BCUT2D eigenvalue weighted by Crippen LogP contribution is -2.42. The maximum atomic E-state index is 11.1. The lowest BCUT2D eigenvalue weighted by Gasteiger charge is -2.22. The molecule has 0 aromatic heterocycles. The Labute approximate surface area is 78.0 Å². The molecule has 76 valence electrons. The van der Waals surface area contributed by atoms with Gasteiger partial charge in [0.05, 0.1) is 11.5 Å². The molecular formula is C7H14N2O3S. The second kappa shape index (κ2) is 3.53. The van der Waals surface area contributed by atoms with Gasteiger partial charge in [-0.05, 0) is 6.42 Å². The van der Waals surface area contributed by atoms with Crippen molar-refractivity contribution in [2.75, 3.05) is 25.6 Å². The summed E-state index contributed by atoms with van der Waals surface area (Å²) in [4.78, 5) is 12.6. The van der Waals surface area contributed by atoms with Gasteiger partial charge in [0, 0.05) is 20.1 Å². The first kappa shape index (κ1) is 10.3. The molecule has 0 aromatic carbocycles. The first-order chi connectivity index (χ1) is 5.96. The predicted molar refractivity (Wildman–Crippen MR) is 49.3 cm³/mol. The van der Waals surface area contributed by atoms with Crippen LogP contribution in [0.5, 0.6) is 0 Å². The van der Waals surface area contributed by atoms with E-state index in [1.165, 1.54) is 11.9 Å². The Hall–Kier alpha value is -0.780. The monoisotopic (exact) mass is 206 g/mol. The highest BCUT2D eigenvalue weighted by Gasteiger charge is 2.32. The summed E-state index contributed by atoms with van der Waals surface area (Å²) >= 11 is 0. The van der Waals surface area contributed by atoms with Crippen molar-refractivity contribution in [3.63, 3.8) is 0 Å². The van der Waals surface area contributed by atoms with E-state index in [-0.39, 0.29) is 23.6 Å². The molecule has 0 radical (unpaired) electrons. The molecule has 0 aliphatic carbocycles. The van der Waals surface area contributed by atoms with Gasteiger partial charge in [-0.25, -0.2) is 13.2 Å². The van der Waals surface area contributed by atoms with Crippen LogP contribution in [-0.4, -0.2) is 51.0 Å². The second-order valence-corrected chi connectivity index (χ2v) is 5.45. The van der Waals surface area contributed by atoms with Gasteiger partial charge < -0.3 is 10.2 Å². The van der Waals surface area contributed by atoms with Crippen LogP contribution < -0.4 is 5.32 Å². The molecule has 5 nitrogen and oxygen atoms in total. The third-order valence-electron chi connectivity index (χ3n) is 2.29. The molecular weight excluding hydrogens is 192 g/mol.